The van der Waals surface area contributed by atoms with Gasteiger partial charge in [-0.05, 0) is 23.1 Å². The monoisotopic (exact) mass is 598 g/mol. The van der Waals surface area contributed by atoms with Gasteiger partial charge in [-0.15, -0.1) is 0 Å². The number of halogens is 1. The number of benzene rings is 1. The lowest BCUT2D eigenvalue weighted by Crippen LogP contribution is -2.38. The predicted octanol–water partition coefficient (Wildman–Crippen LogP) is 1.53. The lowest BCUT2D eigenvalue weighted by Gasteiger charge is -2.30. The van der Waals surface area contributed by atoms with Gasteiger partial charge in [-0.1, -0.05) is 0 Å². The minimum atomic E-state index is -0.634. The molecular formula is C26H27FN8O8. The molecule has 226 valence electrons. The zero-order valence-corrected chi connectivity index (χ0v) is 23.0. The number of nitro groups is 1. The lowest BCUT2D eigenvalue weighted by atomic mass is 10.1. The molecular weight excluding hydrogens is 571 g/mol. The lowest BCUT2D eigenvalue weighted by molar-refractivity contribution is -0.389. The Balaban J connectivity index is 1.23. The first-order valence-corrected chi connectivity index (χ1v) is 13.5. The van der Waals surface area contributed by atoms with Crippen LogP contribution >= 0.6 is 0 Å². The molecule has 3 aromatic rings. The number of fused-ring (bicyclic) bond motifs is 1. The molecule has 2 saturated heterocycles. The van der Waals surface area contributed by atoms with E-state index in [-0.39, 0.29) is 55.6 Å². The number of morpholine rings is 1. The molecule has 1 aromatic carbocycles. The molecule has 2 amide bonds. The highest BCUT2D eigenvalue weighted by Gasteiger charge is 2.33. The number of carbonyl (C=O) groups is 2. The highest BCUT2D eigenvalue weighted by molar-refractivity contribution is 5.90. The third-order valence-electron chi connectivity index (χ3n) is 7.05. The molecule has 0 spiro atoms. The molecule has 0 aliphatic carbocycles. The van der Waals surface area contributed by atoms with Gasteiger partial charge in [0.25, 0.3) is 0 Å². The Kier molecular flexibility index (Phi) is 7.62. The fourth-order valence-electron chi connectivity index (χ4n) is 4.99. The van der Waals surface area contributed by atoms with Gasteiger partial charge in [0.2, 0.25) is 5.91 Å². The fourth-order valence-corrected chi connectivity index (χ4v) is 4.99. The third kappa shape index (κ3) is 5.97. The van der Waals surface area contributed by atoms with Gasteiger partial charge < -0.3 is 39.3 Å². The van der Waals surface area contributed by atoms with Gasteiger partial charge in [0.1, 0.15) is 30.5 Å². The molecule has 2 atom stereocenters. The standard InChI is InChI=1S/C26H27FN8O8/c1-15(36)28-9-17-12-34(26(37)43-17)16-2-3-19(21(27)8-16)20-10-29-24(31-23(20)32-4-6-40-7-5-32)42-18-11-33-13-22(35(38)39)30-25(33)41-14-18/h2-3,8,10,13,17-18H,4-7,9,11-12,14H2,1H3,(H,28,36)/t17-,18-/m0/s1. The first-order valence-electron chi connectivity index (χ1n) is 13.5. The van der Waals surface area contributed by atoms with Crippen LogP contribution in [0.3, 0.4) is 0 Å². The summed E-state index contributed by atoms with van der Waals surface area (Å²) in [5.74, 6) is -0.737. The van der Waals surface area contributed by atoms with Gasteiger partial charge in [0, 0.05) is 42.3 Å². The van der Waals surface area contributed by atoms with E-state index in [0.29, 0.717) is 43.4 Å². The molecule has 0 radical (unpaired) electrons. The summed E-state index contributed by atoms with van der Waals surface area (Å²) in [5.41, 5.74) is 0.940. The summed E-state index contributed by atoms with van der Waals surface area (Å²) < 4.78 is 39.4. The number of aromatic nitrogens is 4. The quantitative estimate of drug-likeness (QED) is 0.293. The topological polar surface area (TPSA) is 176 Å². The smallest absolute Gasteiger partial charge is 0.414 e. The van der Waals surface area contributed by atoms with Gasteiger partial charge in [-0.3, -0.25) is 14.3 Å². The van der Waals surface area contributed by atoms with Crippen molar-refractivity contribution in [3.8, 4) is 23.1 Å². The molecule has 6 rings (SSSR count). The molecule has 3 aliphatic heterocycles. The number of cyclic esters (lactones) is 1. The Morgan fingerprint density at radius 2 is 2.05 bits per heavy atom. The minimum Gasteiger partial charge on any atom is -0.455 e. The van der Waals surface area contributed by atoms with Gasteiger partial charge in [0.15, 0.2) is 6.10 Å². The van der Waals surface area contributed by atoms with Crippen molar-refractivity contribution in [1.82, 2.24) is 24.8 Å². The Labute approximate surface area is 243 Å². The van der Waals surface area contributed by atoms with E-state index in [1.54, 1.807) is 12.1 Å². The Bertz CT molecular complexity index is 1560. The number of imidazole rings is 1. The molecule has 2 fully saturated rings. The average molecular weight is 599 g/mol. The molecule has 3 aliphatic rings. The second kappa shape index (κ2) is 11.7. The van der Waals surface area contributed by atoms with Crippen LogP contribution in [0.5, 0.6) is 12.0 Å². The second-order valence-corrected chi connectivity index (χ2v) is 10.0. The maximum atomic E-state index is 15.6. The summed E-state index contributed by atoms with van der Waals surface area (Å²) in [5, 5.41) is 13.7. The van der Waals surface area contributed by atoms with Crippen molar-refractivity contribution in [2.75, 3.05) is 55.8 Å². The molecule has 17 heteroatoms. The van der Waals surface area contributed by atoms with Crippen LogP contribution < -0.4 is 24.6 Å². The molecule has 1 N–H and O–H groups in total. The molecule has 43 heavy (non-hydrogen) atoms. The molecule has 16 nitrogen and oxygen atoms in total. The third-order valence-corrected chi connectivity index (χ3v) is 7.05. The van der Waals surface area contributed by atoms with Crippen LogP contribution in [-0.2, 0) is 20.8 Å². The fraction of sp³-hybridized carbons (Fsp3) is 0.423. The van der Waals surface area contributed by atoms with Crippen molar-refractivity contribution in [1.29, 1.82) is 0 Å². The molecule has 0 saturated carbocycles. The average Bonchev–Trinajstić information content (AvgIpc) is 3.60. The SMILES string of the molecule is CC(=O)NC[C@H]1CN(c2ccc(-c3cnc(O[C@@H]4COc5nc([N+](=O)[O-])cn5C4)nc3N3CCOCC3)c(F)c2)C(=O)O1. The van der Waals surface area contributed by atoms with Crippen LogP contribution in [0.15, 0.2) is 30.6 Å². The number of hydrogen-bond donors (Lipinski definition) is 1. The van der Waals surface area contributed by atoms with Crippen molar-refractivity contribution in [3.63, 3.8) is 0 Å². The first-order chi connectivity index (χ1) is 20.7. The van der Waals surface area contributed by atoms with Gasteiger partial charge in [-0.25, -0.2) is 14.2 Å². The Morgan fingerprint density at radius 3 is 2.79 bits per heavy atom. The van der Waals surface area contributed by atoms with Crippen LogP contribution in [-0.4, -0.2) is 94.7 Å². The summed E-state index contributed by atoms with van der Waals surface area (Å²) in [6.45, 7) is 3.91. The molecule has 0 bridgehead atoms. The summed E-state index contributed by atoms with van der Waals surface area (Å²) in [6, 6.07) is 4.55. The van der Waals surface area contributed by atoms with Crippen molar-refractivity contribution in [2.45, 2.75) is 25.7 Å². The zero-order chi connectivity index (χ0) is 30.1. The Morgan fingerprint density at radius 1 is 1.23 bits per heavy atom. The highest BCUT2D eigenvalue weighted by atomic mass is 19.1. The van der Waals surface area contributed by atoms with Crippen molar-refractivity contribution in [2.24, 2.45) is 0 Å². The van der Waals surface area contributed by atoms with Crippen molar-refractivity contribution >= 4 is 29.3 Å². The number of hydrogen-bond acceptors (Lipinski definition) is 12. The van der Waals surface area contributed by atoms with E-state index in [4.69, 9.17) is 18.9 Å². The number of amides is 2. The van der Waals surface area contributed by atoms with Crippen LogP contribution in [0.25, 0.3) is 11.1 Å². The van der Waals surface area contributed by atoms with Crippen LogP contribution in [0.2, 0.25) is 0 Å². The summed E-state index contributed by atoms with van der Waals surface area (Å²) in [4.78, 5) is 50.1. The zero-order valence-electron chi connectivity index (χ0n) is 23.0. The minimum absolute atomic E-state index is 0.0268. The number of carbonyl (C=O) groups excluding carboxylic acids is 2. The van der Waals surface area contributed by atoms with E-state index in [9.17, 15) is 19.7 Å². The van der Waals surface area contributed by atoms with Crippen molar-refractivity contribution in [3.05, 3.63) is 46.5 Å². The Hall–Kier alpha value is -5.06. The second-order valence-electron chi connectivity index (χ2n) is 10.0. The van der Waals surface area contributed by atoms with Gasteiger partial charge in [-0.2, -0.15) is 4.98 Å². The number of nitrogens with zero attached hydrogens (tertiary/aromatic N) is 7. The van der Waals surface area contributed by atoms with Gasteiger partial charge in [0.05, 0.1) is 38.5 Å². The van der Waals surface area contributed by atoms with E-state index < -0.39 is 29.0 Å². The summed E-state index contributed by atoms with van der Waals surface area (Å²) in [6.07, 6.45) is 0.986. The largest absolute Gasteiger partial charge is 0.455 e. The first kappa shape index (κ1) is 28.1. The highest BCUT2D eigenvalue weighted by Crippen LogP contribution is 2.35. The molecule has 5 heterocycles. The van der Waals surface area contributed by atoms with E-state index in [2.05, 4.69) is 20.3 Å². The van der Waals surface area contributed by atoms with E-state index >= 15 is 4.39 Å². The summed E-state index contributed by atoms with van der Waals surface area (Å²) in [7, 11) is 0. The molecule has 0 unspecified atom stereocenters. The van der Waals surface area contributed by atoms with E-state index in [1.807, 2.05) is 4.90 Å². The van der Waals surface area contributed by atoms with Gasteiger partial charge >= 0.3 is 23.9 Å². The van der Waals surface area contributed by atoms with Crippen LogP contribution in [0.4, 0.5) is 26.5 Å². The normalized spacial score (nSPS) is 19.8. The summed E-state index contributed by atoms with van der Waals surface area (Å²) >= 11 is 0. The maximum Gasteiger partial charge on any atom is 0.414 e. The maximum absolute atomic E-state index is 15.6. The predicted molar refractivity (Wildman–Crippen MR) is 146 cm³/mol. The number of rotatable bonds is 8. The molecule has 2 aromatic heterocycles. The van der Waals surface area contributed by atoms with Crippen LogP contribution in [0.1, 0.15) is 6.92 Å². The number of nitrogens with one attached hydrogen (secondary N) is 1. The number of anilines is 2. The van der Waals surface area contributed by atoms with E-state index in [1.165, 1.54) is 34.9 Å². The van der Waals surface area contributed by atoms with Crippen molar-refractivity contribution < 1.29 is 37.9 Å². The van der Waals surface area contributed by atoms with E-state index in [0.717, 1.165) is 0 Å². The number of ether oxygens (including phenoxy) is 4. The van der Waals surface area contributed by atoms with Crippen LogP contribution in [0, 0.1) is 15.9 Å².